The summed E-state index contributed by atoms with van der Waals surface area (Å²) in [4.78, 5) is 35.8. The number of anilines is 2. The maximum Gasteiger partial charge on any atom is 0.354 e. The Morgan fingerprint density at radius 2 is 1.64 bits per heavy atom. The average molecular weight is 382 g/mol. The van der Waals surface area contributed by atoms with Gasteiger partial charge in [0.1, 0.15) is 0 Å². The second kappa shape index (κ2) is 7.74. The first-order valence-corrected chi connectivity index (χ1v) is 8.40. The van der Waals surface area contributed by atoms with Crippen LogP contribution in [0.4, 0.5) is 11.4 Å². The molecule has 0 atom stereocenters. The third-order valence-corrected chi connectivity index (χ3v) is 3.98. The number of carbonyl (C=O) groups excluding carboxylic acids is 2. The van der Waals surface area contributed by atoms with Crippen molar-refractivity contribution in [2.45, 2.75) is 13.5 Å². The fourth-order valence-electron chi connectivity index (χ4n) is 2.55. The van der Waals surface area contributed by atoms with Gasteiger partial charge in [-0.2, -0.15) is 10.2 Å². The number of nitrogens with one attached hydrogen (secondary N) is 2. The lowest BCUT2D eigenvalue weighted by molar-refractivity contribution is 0.0680. The lowest BCUT2D eigenvalue weighted by atomic mass is 10.2. The van der Waals surface area contributed by atoms with Gasteiger partial charge in [0.05, 0.1) is 11.8 Å². The van der Waals surface area contributed by atoms with Crippen molar-refractivity contribution in [3.05, 3.63) is 59.7 Å². The van der Waals surface area contributed by atoms with Gasteiger partial charge in [-0.05, 0) is 37.3 Å². The molecule has 0 radical (unpaired) electrons. The van der Waals surface area contributed by atoms with E-state index in [1.165, 1.54) is 13.2 Å². The molecule has 3 aromatic rings. The zero-order valence-corrected chi connectivity index (χ0v) is 15.2. The topological polar surface area (TPSA) is 131 Å². The van der Waals surface area contributed by atoms with Crippen LogP contribution >= 0.6 is 0 Å². The normalized spacial score (nSPS) is 10.5. The molecule has 0 aliphatic rings. The Balaban J connectivity index is 1.67. The largest absolute Gasteiger partial charge is 0.477 e. The number of carboxylic acid groups (broad SMARTS) is 1. The summed E-state index contributed by atoms with van der Waals surface area (Å²) in [5.74, 6) is -2.17. The summed E-state index contributed by atoms with van der Waals surface area (Å²) in [6, 6.07) is 8.04. The monoisotopic (exact) mass is 382 g/mol. The molecule has 0 unspecified atom stereocenters. The van der Waals surface area contributed by atoms with Crippen LogP contribution in [0.2, 0.25) is 0 Å². The van der Waals surface area contributed by atoms with Crippen LogP contribution < -0.4 is 10.6 Å². The number of nitrogens with zero attached hydrogens (tertiary/aromatic N) is 4. The van der Waals surface area contributed by atoms with E-state index in [4.69, 9.17) is 0 Å². The molecular formula is C18H18N6O4. The Labute approximate surface area is 159 Å². The highest BCUT2D eigenvalue weighted by atomic mass is 16.4. The van der Waals surface area contributed by atoms with E-state index in [9.17, 15) is 19.5 Å². The highest BCUT2D eigenvalue weighted by Gasteiger charge is 2.21. The number of carbonyl (C=O) groups is 3. The minimum Gasteiger partial charge on any atom is -0.477 e. The van der Waals surface area contributed by atoms with Gasteiger partial charge in [0.2, 0.25) is 0 Å². The third-order valence-electron chi connectivity index (χ3n) is 3.98. The second-order valence-corrected chi connectivity index (χ2v) is 5.88. The first kappa shape index (κ1) is 18.8. The fourth-order valence-corrected chi connectivity index (χ4v) is 2.55. The van der Waals surface area contributed by atoms with Gasteiger partial charge in [-0.1, -0.05) is 0 Å². The van der Waals surface area contributed by atoms with Gasteiger partial charge >= 0.3 is 5.97 Å². The number of amides is 2. The zero-order chi connectivity index (χ0) is 20.3. The minimum absolute atomic E-state index is 0.0427. The lowest BCUT2D eigenvalue weighted by Gasteiger charge is -2.07. The van der Waals surface area contributed by atoms with E-state index < -0.39 is 11.9 Å². The summed E-state index contributed by atoms with van der Waals surface area (Å²) >= 11 is 0. The van der Waals surface area contributed by atoms with Gasteiger partial charge in [0.15, 0.2) is 11.4 Å². The summed E-state index contributed by atoms with van der Waals surface area (Å²) in [6.45, 7) is 2.59. The van der Waals surface area contributed by atoms with Crippen LogP contribution in [0, 0.1) is 0 Å². The molecule has 0 saturated heterocycles. The summed E-state index contributed by atoms with van der Waals surface area (Å²) < 4.78 is 2.77. The molecule has 1 aromatic carbocycles. The number of rotatable bonds is 6. The smallest absolute Gasteiger partial charge is 0.354 e. The quantitative estimate of drug-likeness (QED) is 0.596. The highest BCUT2D eigenvalue weighted by molar-refractivity contribution is 6.10. The molecular weight excluding hydrogens is 364 g/mol. The minimum atomic E-state index is -1.24. The van der Waals surface area contributed by atoms with E-state index in [0.29, 0.717) is 23.6 Å². The van der Waals surface area contributed by atoms with Crippen LogP contribution in [-0.4, -0.2) is 42.5 Å². The summed E-state index contributed by atoms with van der Waals surface area (Å²) in [6.07, 6.45) is 2.92. The number of benzene rings is 1. The van der Waals surface area contributed by atoms with E-state index in [1.807, 2.05) is 6.92 Å². The zero-order valence-electron chi connectivity index (χ0n) is 15.2. The number of aryl methyl sites for hydroxylation is 2. The Bertz CT molecular complexity index is 1030. The maximum atomic E-state index is 12.3. The van der Waals surface area contributed by atoms with Gasteiger partial charge in [-0.25, -0.2) is 4.79 Å². The number of hydrogen-bond donors (Lipinski definition) is 3. The maximum absolute atomic E-state index is 12.3. The molecule has 28 heavy (non-hydrogen) atoms. The molecule has 144 valence electrons. The molecule has 2 amide bonds. The molecule has 3 N–H and O–H groups in total. The van der Waals surface area contributed by atoms with Crippen molar-refractivity contribution in [1.82, 2.24) is 19.6 Å². The Hall–Kier alpha value is -3.95. The second-order valence-electron chi connectivity index (χ2n) is 5.88. The van der Waals surface area contributed by atoms with Crippen LogP contribution in [0.15, 0.2) is 42.7 Å². The van der Waals surface area contributed by atoms with Gasteiger partial charge < -0.3 is 15.7 Å². The first-order valence-electron chi connectivity index (χ1n) is 8.40. The summed E-state index contributed by atoms with van der Waals surface area (Å²) in [7, 11) is 1.45. The Morgan fingerprint density at radius 3 is 2.18 bits per heavy atom. The molecule has 0 saturated carbocycles. The van der Waals surface area contributed by atoms with E-state index in [-0.39, 0.29) is 17.2 Å². The highest BCUT2D eigenvalue weighted by Crippen LogP contribution is 2.16. The van der Waals surface area contributed by atoms with E-state index >= 15 is 0 Å². The molecule has 0 fully saturated rings. The lowest BCUT2D eigenvalue weighted by Crippen LogP contribution is -2.17. The molecule has 0 spiro atoms. The van der Waals surface area contributed by atoms with Crippen molar-refractivity contribution in [2.24, 2.45) is 7.05 Å². The first-order chi connectivity index (χ1) is 13.4. The summed E-state index contributed by atoms with van der Waals surface area (Å²) in [5, 5.41) is 22.5. The van der Waals surface area contributed by atoms with Gasteiger partial charge in [0.25, 0.3) is 11.8 Å². The average Bonchev–Trinajstić information content (AvgIpc) is 3.30. The SMILES string of the molecule is CCn1ccc(C(=O)Nc2ccc(NC(=O)c3cnn(C)c3C(=O)O)cc2)n1. The standard InChI is InChI=1S/C18H18N6O4/c1-3-24-9-8-14(22-24)17(26)21-12-6-4-11(5-7-12)20-16(25)13-10-19-23(2)15(13)18(27)28/h4-10H,3H2,1-2H3,(H,20,25)(H,21,26)(H,27,28). The van der Waals surface area contributed by atoms with E-state index in [0.717, 1.165) is 4.68 Å². The molecule has 2 heterocycles. The number of carboxylic acids is 1. The van der Waals surface area contributed by atoms with Crippen LogP contribution in [0.3, 0.4) is 0 Å². The van der Waals surface area contributed by atoms with E-state index in [2.05, 4.69) is 20.8 Å². The van der Waals surface area contributed by atoms with Crippen molar-refractivity contribution in [2.75, 3.05) is 10.6 Å². The molecule has 0 aliphatic carbocycles. The van der Waals surface area contributed by atoms with Crippen LogP contribution in [0.5, 0.6) is 0 Å². The number of hydrogen-bond acceptors (Lipinski definition) is 5. The van der Waals surface area contributed by atoms with Crippen molar-refractivity contribution in [3.63, 3.8) is 0 Å². The molecule has 2 aromatic heterocycles. The van der Waals surface area contributed by atoms with Gasteiger partial charge in [0, 0.05) is 31.2 Å². The molecule has 0 bridgehead atoms. The molecule has 10 heteroatoms. The predicted molar refractivity (Wildman–Crippen MR) is 100 cm³/mol. The number of aromatic nitrogens is 4. The van der Waals surface area contributed by atoms with Crippen LogP contribution in [0.25, 0.3) is 0 Å². The summed E-state index contributed by atoms with van der Waals surface area (Å²) in [5.41, 5.74) is 1.03. The van der Waals surface area contributed by atoms with Crippen molar-refractivity contribution in [3.8, 4) is 0 Å². The Morgan fingerprint density at radius 1 is 1.04 bits per heavy atom. The van der Waals surface area contributed by atoms with Crippen LogP contribution in [-0.2, 0) is 13.6 Å². The van der Waals surface area contributed by atoms with Crippen LogP contribution in [0.1, 0.15) is 38.3 Å². The fraction of sp³-hybridized carbons (Fsp3) is 0.167. The van der Waals surface area contributed by atoms with Crippen molar-refractivity contribution >= 4 is 29.2 Å². The molecule has 0 aliphatic heterocycles. The van der Waals surface area contributed by atoms with Gasteiger partial charge in [-0.3, -0.25) is 19.0 Å². The van der Waals surface area contributed by atoms with Gasteiger partial charge in [-0.15, -0.1) is 0 Å². The number of aromatic carboxylic acids is 1. The van der Waals surface area contributed by atoms with E-state index in [1.54, 1.807) is 41.2 Å². The van der Waals surface area contributed by atoms with Crippen molar-refractivity contribution in [1.29, 1.82) is 0 Å². The Kier molecular flexibility index (Phi) is 5.21. The van der Waals surface area contributed by atoms with Crippen molar-refractivity contribution < 1.29 is 19.5 Å². The molecule has 10 nitrogen and oxygen atoms in total. The predicted octanol–water partition coefficient (Wildman–Crippen LogP) is 1.84. The molecule has 3 rings (SSSR count). The third kappa shape index (κ3) is 3.90.